The molecule has 0 unspecified atom stereocenters. The summed E-state index contributed by atoms with van der Waals surface area (Å²) in [6, 6.07) is 8.49. The zero-order chi connectivity index (χ0) is 11.4. The molecule has 16 heavy (non-hydrogen) atoms. The second kappa shape index (κ2) is 5.17. The van der Waals surface area contributed by atoms with E-state index in [1.54, 1.807) is 0 Å². The van der Waals surface area contributed by atoms with Gasteiger partial charge in [-0.05, 0) is 31.6 Å². The predicted octanol–water partition coefficient (Wildman–Crippen LogP) is 3.40. The van der Waals surface area contributed by atoms with Crippen LogP contribution in [0.3, 0.4) is 0 Å². The topological polar surface area (TPSA) is 19.0 Å². The predicted molar refractivity (Wildman–Crippen MR) is 69.5 cm³/mol. The van der Waals surface area contributed by atoms with Crippen LogP contribution < -0.4 is 0 Å². The third kappa shape index (κ3) is 2.45. The quantitative estimate of drug-likeness (QED) is 0.811. The van der Waals surface area contributed by atoms with Crippen LogP contribution in [-0.4, -0.2) is 23.5 Å². The van der Waals surface area contributed by atoms with Crippen molar-refractivity contribution >= 4 is 10.9 Å². The highest BCUT2D eigenvalue weighted by Gasteiger charge is 2.05. The molecular formula is C14H20N2. The van der Waals surface area contributed by atoms with E-state index in [2.05, 4.69) is 54.3 Å². The van der Waals surface area contributed by atoms with Gasteiger partial charge in [0.2, 0.25) is 0 Å². The lowest BCUT2D eigenvalue weighted by molar-refractivity contribution is 0.322. The van der Waals surface area contributed by atoms with Gasteiger partial charge in [0.1, 0.15) is 0 Å². The molecule has 0 saturated carbocycles. The number of unbranched alkanes of at least 4 members (excludes halogenated alkanes) is 1. The summed E-state index contributed by atoms with van der Waals surface area (Å²) < 4.78 is 0. The maximum atomic E-state index is 3.32. The molecule has 2 rings (SSSR count). The summed E-state index contributed by atoms with van der Waals surface area (Å²) in [5.74, 6) is 0. The summed E-state index contributed by atoms with van der Waals surface area (Å²) in [5, 5.41) is 1.35. The Morgan fingerprint density at radius 2 is 2.06 bits per heavy atom. The number of nitrogens with one attached hydrogen (secondary N) is 1. The first-order valence-electron chi connectivity index (χ1n) is 6.05. The normalized spacial score (nSPS) is 11.4. The van der Waals surface area contributed by atoms with Gasteiger partial charge in [-0.2, -0.15) is 0 Å². The number of rotatable bonds is 5. The Labute approximate surface area is 97.3 Å². The van der Waals surface area contributed by atoms with Crippen LogP contribution in [0.5, 0.6) is 0 Å². The van der Waals surface area contributed by atoms with Crippen molar-refractivity contribution in [1.29, 1.82) is 0 Å². The highest BCUT2D eigenvalue weighted by molar-refractivity contribution is 5.82. The molecule has 1 heterocycles. The van der Waals surface area contributed by atoms with E-state index >= 15 is 0 Å². The summed E-state index contributed by atoms with van der Waals surface area (Å²) in [7, 11) is 2.19. The summed E-state index contributed by atoms with van der Waals surface area (Å²) in [6.07, 6.45) is 4.67. The fourth-order valence-electron chi connectivity index (χ4n) is 2.06. The van der Waals surface area contributed by atoms with Crippen LogP contribution in [0.1, 0.15) is 25.3 Å². The Hall–Kier alpha value is -1.28. The van der Waals surface area contributed by atoms with Crippen LogP contribution in [0.4, 0.5) is 0 Å². The zero-order valence-corrected chi connectivity index (χ0v) is 10.2. The second-order valence-corrected chi connectivity index (χ2v) is 4.45. The molecule has 0 amide bonds. The number of fused-ring (bicyclic) bond motifs is 1. The molecule has 1 N–H and O–H groups in total. The molecule has 2 aromatic rings. The van der Waals surface area contributed by atoms with E-state index in [0.717, 1.165) is 6.54 Å². The molecule has 0 fully saturated rings. The molecule has 0 aliphatic carbocycles. The highest BCUT2D eigenvalue weighted by atomic mass is 15.1. The van der Waals surface area contributed by atoms with Crippen LogP contribution in [0, 0.1) is 0 Å². The molecule has 2 heteroatoms. The number of para-hydroxylation sites is 1. The lowest BCUT2D eigenvalue weighted by atomic mass is 10.1. The fourth-order valence-corrected chi connectivity index (χ4v) is 2.06. The Kier molecular flexibility index (Phi) is 3.62. The summed E-state index contributed by atoms with van der Waals surface area (Å²) in [6.45, 7) is 4.44. The summed E-state index contributed by atoms with van der Waals surface area (Å²) in [5.41, 5.74) is 2.63. The molecule has 0 aliphatic rings. The Bertz CT molecular complexity index is 445. The molecule has 86 valence electrons. The van der Waals surface area contributed by atoms with Crippen molar-refractivity contribution in [1.82, 2.24) is 9.88 Å². The number of nitrogens with zero attached hydrogens (tertiary/aromatic N) is 1. The number of aromatic nitrogens is 1. The molecule has 0 aliphatic heterocycles. The summed E-state index contributed by atoms with van der Waals surface area (Å²) >= 11 is 0. The van der Waals surface area contributed by atoms with Gasteiger partial charge in [0.15, 0.2) is 0 Å². The van der Waals surface area contributed by atoms with E-state index in [9.17, 15) is 0 Å². The molecule has 1 aromatic carbocycles. The minimum absolute atomic E-state index is 1.03. The van der Waals surface area contributed by atoms with Gasteiger partial charge < -0.3 is 9.88 Å². The Balaban J connectivity index is 2.09. The molecule has 2 nitrogen and oxygen atoms in total. The summed E-state index contributed by atoms with van der Waals surface area (Å²) in [4.78, 5) is 5.71. The molecule has 0 spiro atoms. The van der Waals surface area contributed by atoms with Crippen LogP contribution >= 0.6 is 0 Å². The van der Waals surface area contributed by atoms with Gasteiger partial charge in [-0.15, -0.1) is 0 Å². The standard InChI is InChI=1S/C14H20N2/c1-3-4-9-16(2)11-12-10-15-14-8-6-5-7-13(12)14/h5-8,10,15H,3-4,9,11H2,1-2H3. The van der Waals surface area contributed by atoms with Crippen molar-refractivity contribution in [2.75, 3.05) is 13.6 Å². The first-order valence-corrected chi connectivity index (χ1v) is 6.05. The molecule has 0 bridgehead atoms. The maximum Gasteiger partial charge on any atom is 0.0457 e. The average molecular weight is 216 g/mol. The Morgan fingerprint density at radius 1 is 1.25 bits per heavy atom. The lowest BCUT2D eigenvalue weighted by Gasteiger charge is -2.15. The van der Waals surface area contributed by atoms with Gasteiger partial charge in [0.05, 0.1) is 0 Å². The van der Waals surface area contributed by atoms with E-state index in [0.29, 0.717) is 0 Å². The third-order valence-corrected chi connectivity index (χ3v) is 3.01. The molecular weight excluding hydrogens is 196 g/mol. The molecule has 1 aromatic heterocycles. The van der Waals surface area contributed by atoms with E-state index in [-0.39, 0.29) is 0 Å². The van der Waals surface area contributed by atoms with Crippen molar-refractivity contribution in [2.45, 2.75) is 26.3 Å². The van der Waals surface area contributed by atoms with Crippen molar-refractivity contribution < 1.29 is 0 Å². The van der Waals surface area contributed by atoms with Crippen molar-refractivity contribution in [3.05, 3.63) is 36.0 Å². The van der Waals surface area contributed by atoms with Gasteiger partial charge in [0, 0.05) is 23.6 Å². The van der Waals surface area contributed by atoms with Crippen LogP contribution in [0.15, 0.2) is 30.5 Å². The Morgan fingerprint density at radius 3 is 2.88 bits per heavy atom. The number of hydrogen-bond acceptors (Lipinski definition) is 1. The number of benzene rings is 1. The lowest BCUT2D eigenvalue weighted by Crippen LogP contribution is -2.18. The number of H-pyrrole nitrogens is 1. The first kappa shape index (κ1) is 11.2. The monoisotopic (exact) mass is 216 g/mol. The second-order valence-electron chi connectivity index (χ2n) is 4.45. The van der Waals surface area contributed by atoms with E-state index in [1.807, 2.05) is 0 Å². The van der Waals surface area contributed by atoms with Gasteiger partial charge in [0.25, 0.3) is 0 Å². The maximum absolute atomic E-state index is 3.32. The van der Waals surface area contributed by atoms with Crippen molar-refractivity contribution in [3.8, 4) is 0 Å². The number of hydrogen-bond donors (Lipinski definition) is 1. The van der Waals surface area contributed by atoms with Crippen molar-refractivity contribution in [2.24, 2.45) is 0 Å². The first-order chi connectivity index (χ1) is 7.81. The van der Waals surface area contributed by atoms with Gasteiger partial charge in [-0.3, -0.25) is 0 Å². The largest absolute Gasteiger partial charge is 0.361 e. The fraction of sp³-hybridized carbons (Fsp3) is 0.429. The van der Waals surface area contributed by atoms with E-state index in [1.165, 1.54) is 35.9 Å². The van der Waals surface area contributed by atoms with Crippen LogP contribution in [0.25, 0.3) is 10.9 Å². The minimum Gasteiger partial charge on any atom is -0.361 e. The molecule has 0 saturated heterocycles. The number of aromatic amines is 1. The minimum atomic E-state index is 1.03. The SMILES string of the molecule is CCCCN(C)Cc1c[nH]c2ccccc12. The zero-order valence-electron chi connectivity index (χ0n) is 10.2. The van der Waals surface area contributed by atoms with E-state index in [4.69, 9.17) is 0 Å². The van der Waals surface area contributed by atoms with Crippen LogP contribution in [-0.2, 0) is 6.54 Å². The molecule has 0 atom stereocenters. The van der Waals surface area contributed by atoms with Crippen molar-refractivity contribution in [3.63, 3.8) is 0 Å². The highest BCUT2D eigenvalue weighted by Crippen LogP contribution is 2.18. The average Bonchev–Trinajstić information content (AvgIpc) is 2.70. The van der Waals surface area contributed by atoms with Gasteiger partial charge in [-0.1, -0.05) is 31.5 Å². The van der Waals surface area contributed by atoms with Crippen LogP contribution in [0.2, 0.25) is 0 Å². The van der Waals surface area contributed by atoms with E-state index < -0.39 is 0 Å². The smallest absolute Gasteiger partial charge is 0.0457 e. The van der Waals surface area contributed by atoms with Gasteiger partial charge in [-0.25, -0.2) is 0 Å². The third-order valence-electron chi connectivity index (χ3n) is 3.01. The molecule has 0 radical (unpaired) electrons. The van der Waals surface area contributed by atoms with Gasteiger partial charge >= 0.3 is 0 Å².